The largest absolute Gasteiger partial charge is 0.790 e. The first-order valence-electron chi connectivity index (χ1n) is 7.29. The number of hydrogen-bond acceptors (Lipinski definition) is 16. The Morgan fingerprint density at radius 2 is 1.67 bits per heavy atom. The number of nitrogens with one attached hydrogen (secondary N) is 1. The number of aliphatic hydroxyl groups is 2. The molecule has 0 aliphatic carbocycles. The van der Waals surface area contributed by atoms with Gasteiger partial charge in [-0.25, -0.2) is 9.11 Å². The summed E-state index contributed by atoms with van der Waals surface area (Å²) in [7, 11) is -18.3. The lowest BCUT2D eigenvalue weighted by Crippen LogP contribution is -2.35. The number of aromatic amines is 1. The monoisotopic (exact) mass is 496 g/mol. The van der Waals surface area contributed by atoms with E-state index < -0.39 is 71.3 Å². The van der Waals surface area contributed by atoms with E-state index in [0.29, 0.717) is 6.20 Å². The fourth-order valence-electron chi connectivity index (χ4n) is 2.27. The Morgan fingerprint density at radius 3 is 2.23 bits per heavy atom. The molecular formula is C9H11N2O16P3-4. The molecule has 1 aromatic heterocycles. The van der Waals surface area contributed by atoms with E-state index in [0.717, 1.165) is 0 Å². The summed E-state index contributed by atoms with van der Waals surface area (Å²) in [5, 5.41) is 29.1. The molecule has 0 amide bonds. The summed E-state index contributed by atoms with van der Waals surface area (Å²) in [6, 6.07) is 0. The van der Waals surface area contributed by atoms with Crippen molar-refractivity contribution in [2.24, 2.45) is 0 Å². The van der Waals surface area contributed by atoms with Gasteiger partial charge in [0.25, 0.3) is 21.2 Å². The number of rotatable bonds is 8. The highest BCUT2D eigenvalue weighted by Gasteiger charge is 2.45. The summed E-state index contributed by atoms with van der Waals surface area (Å²) in [5.74, 6) is 0. The summed E-state index contributed by atoms with van der Waals surface area (Å²) in [5.41, 5.74) is -2.90. The minimum absolute atomic E-state index is 0.0702. The number of ether oxygens (including phenoxy) is 1. The molecule has 6 atom stereocenters. The quantitative estimate of drug-likeness (QED) is 0.193. The van der Waals surface area contributed by atoms with Crippen molar-refractivity contribution in [1.82, 2.24) is 9.71 Å². The molecule has 0 saturated carbocycles. The first-order valence-corrected chi connectivity index (χ1v) is 11.7. The molecule has 2 heterocycles. The van der Waals surface area contributed by atoms with E-state index in [2.05, 4.69) is 13.1 Å². The second kappa shape index (κ2) is 8.72. The smallest absolute Gasteiger partial charge is 0.361 e. The maximum atomic E-state index is 11.8. The van der Waals surface area contributed by atoms with Gasteiger partial charge in [0.05, 0.1) is 26.2 Å². The molecule has 21 heteroatoms. The van der Waals surface area contributed by atoms with Gasteiger partial charge < -0.3 is 48.8 Å². The third kappa shape index (κ3) is 6.38. The normalized spacial score (nSPS) is 28.7. The molecule has 0 radical (unpaired) electrons. The Kier molecular flexibility index (Phi) is 7.28. The third-order valence-corrected chi connectivity index (χ3v) is 7.08. The second-order valence-corrected chi connectivity index (χ2v) is 9.81. The molecule has 172 valence electrons. The fourth-order valence-corrected chi connectivity index (χ4v) is 5.14. The van der Waals surface area contributed by atoms with E-state index in [9.17, 15) is 58.3 Å². The van der Waals surface area contributed by atoms with Crippen LogP contribution in [0.15, 0.2) is 15.8 Å². The number of phosphoric ester groups is 1. The van der Waals surface area contributed by atoms with Gasteiger partial charge in [0.15, 0.2) is 0 Å². The van der Waals surface area contributed by atoms with Gasteiger partial charge in [0.1, 0.15) is 24.4 Å². The molecular weight excluding hydrogens is 485 g/mol. The van der Waals surface area contributed by atoms with Crippen molar-refractivity contribution in [2.45, 2.75) is 24.4 Å². The van der Waals surface area contributed by atoms with Crippen molar-refractivity contribution in [3.63, 3.8) is 0 Å². The van der Waals surface area contributed by atoms with Crippen LogP contribution in [0.3, 0.4) is 0 Å². The number of aliphatic hydroxyl groups excluding tert-OH is 2. The van der Waals surface area contributed by atoms with E-state index in [4.69, 9.17) is 4.74 Å². The number of H-pyrrole nitrogens is 1. The minimum Gasteiger partial charge on any atom is -0.790 e. The van der Waals surface area contributed by atoms with E-state index >= 15 is 0 Å². The predicted molar refractivity (Wildman–Crippen MR) is 79.1 cm³/mol. The minimum atomic E-state index is -6.20. The van der Waals surface area contributed by atoms with Gasteiger partial charge in [-0.2, -0.15) is 0 Å². The molecule has 1 aliphatic heterocycles. The summed E-state index contributed by atoms with van der Waals surface area (Å²) in [4.78, 5) is 67.6. The molecule has 1 saturated heterocycles. The molecule has 6 unspecified atom stereocenters. The van der Waals surface area contributed by atoms with Crippen molar-refractivity contribution in [1.29, 1.82) is 0 Å². The molecule has 0 aromatic carbocycles. The lowest BCUT2D eigenvalue weighted by molar-refractivity contribution is -0.339. The topological polar surface area (TPSA) is 296 Å². The van der Waals surface area contributed by atoms with E-state index in [-0.39, 0.29) is 4.73 Å². The first-order chi connectivity index (χ1) is 13.5. The van der Waals surface area contributed by atoms with Gasteiger partial charge in [-0.3, -0.25) is 23.2 Å². The zero-order valence-corrected chi connectivity index (χ0v) is 16.7. The van der Waals surface area contributed by atoms with Gasteiger partial charge in [0.2, 0.25) is 0 Å². The van der Waals surface area contributed by atoms with Crippen LogP contribution in [0.5, 0.6) is 0 Å². The summed E-state index contributed by atoms with van der Waals surface area (Å²) < 4.78 is 48.1. The van der Waals surface area contributed by atoms with Crippen LogP contribution < -0.4 is 30.8 Å². The Labute approximate surface area is 164 Å². The van der Waals surface area contributed by atoms with Crippen LogP contribution in [0.1, 0.15) is 11.7 Å². The average molecular weight is 496 g/mol. The molecule has 30 heavy (non-hydrogen) atoms. The van der Waals surface area contributed by atoms with E-state index in [1.54, 1.807) is 4.98 Å². The maximum absolute atomic E-state index is 11.8. The van der Waals surface area contributed by atoms with Crippen LogP contribution in [-0.2, 0) is 31.6 Å². The number of nitrogens with zero attached hydrogens (tertiary/aromatic N) is 1. The van der Waals surface area contributed by atoms with Crippen molar-refractivity contribution in [3.8, 4) is 0 Å². The maximum Gasteiger partial charge on any atom is 0.361 e. The van der Waals surface area contributed by atoms with Gasteiger partial charge in [-0.1, -0.05) is 0 Å². The summed E-state index contributed by atoms with van der Waals surface area (Å²) in [6.45, 7) is -1.22. The SMILES string of the molecule is O=c1[nH]c(=O)n(O)cc1C1OC(COP(=O)([O-])OP(=O)([O-])OP(=O)([O-])[O-])C(O)C1O. The van der Waals surface area contributed by atoms with Gasteiger partial charge in [-0.05, 0) is 0 Å². The van der Waals surface area contributed by atoms with Crippen LogP contribution in [0, 0.1) is 0 Å². The Hall–Kier alpha value is -1.23. The van der Waals surface area contributed by atoms with Gasteiger partial charge in [-0.15, -0.1) is 4.73 Å². The number of hydrogen-bond donors (Lipinski definition) is 4. The molecule has 1 aromatic rings. The third-order valence-electron chi connectivity index (χ3n) is 3.42. The van der Waals surface area contributed by atoms with Crippen molar-refractivity contribution < 1.29 is 66.6 Å². The van der Waals surface area contributed by atoms with Crippen LogP contribution in [0.25, 0.3) is 0 Å². The zero-order valence-electron chi connectivity index (χ0n) is 14.0. The van der Waals surface area contributed by atoms with E-state index in [1.165, 1.54) is 0 Å². The molecule has 1 aliphatic rings. The number of aromatic nitrogens is 2. The standard InChI is InChI=1S/C9H15N2O16P3/c12-5-4(2-24-29(20,21)27-30(22,23)26-28(17,18)19)25-7(6(5)13)3-1-11(16)9(15)10-8(3)14/h1,4-7,12-13,16H,2H2,(H,20,21)(H,22,23)(H,10,14,15)(H2,17,18,19)/p-4. The summed E-state index contributed by atoms with van der Waals surface area (Å²) in [6.07, 6.45) is -6.69. The lowest BCUT2D eigenvalue weighted by Gasteiger charge is -2.37. The highest BCUT2D eigenvalue weighted by Crippen LogP contribution is 2.60. The molecule has 2 rings (SSSR count). The first kappa shape index (κ1) is 25.0. The Balaban J connectivity index is 2.09. The van der Waals surface area contributed by atoms with Crippen molar-refractivity contribution >= 4 is 23.5 Å². The predicted octanol–water partition coefficient (Wildman–Crippen LogP) is -5.25. The summed E-state index contributed by atoms with van der Waals surface area (Å²) >= 11 is 0. The highest BCUT2D eigenvalue weighted by atomic mass is 31.3. The second-order valence-electron chi connectivity index (χ2n) is 5.57. The molecule has 0 spiro atoms. The zero-order chi connectivity index (χ0) is 23.1. The van der Waals surface area contributed by atoms with E-state index in [1.807, 2.05) is 0 Å². The Morgan fingerprint density at radius 1 is 1.07 bits per heavy atom. The van der Waals surface area contributed by atoms with Gasteiger partial charge >= 0.3 is 5.69 Å². The molecule has 4 N–H and O–H groups in total. The lowest BCUT2D eigenvalue weighted by atomic mass is 10.0. The van der Waals surface area contributed by atoms with Crippen LogP contribution in [0.4, 0.5) is 0 Å². The van der Waals surface area contributed by atoms with Crippen molar-refractivity contribution in [3.05, 3.63) is 32.6 Å². The van der Waals surface area contributed by atoms with Crippen molar-refractivity contribution in [2.75, 3.05) is 6.61 Å². The average Bonchev–Trinajstić information content (AvgIpc) is 2.81. The Bertz CT molecular complexity index is 1040. The van der Waals surface area contributed by atoms with Crippen LogP contribution in [0.2, 0.25) is 0 Å². The fraction of sp³-hybridized carbons (Fsp3) is 0.556. The molecule has 1 fully saturated rings. The van der Waals surface area contributed by atoms with Crippen LogP contribution in [-0.4, -0.2) is 50.1 Å². The highest BCUT2D eigenvalue weighted by molar-refractivity contribution is 7.64. The van der Waals surface area contributed by atoms with Crippen LogP contribution >= 0.6 is 23.5 Å². The molecule has 0 bridgehead atoms. The molecule has 18 nitrogen and oxygen atoms in total. The van der Waals surface area contributed by atoms with Gasteiger partial charge in [0, 0.05) is 0 Å². The number of phosphoric acid groups is 3.